The fourth-order valence-corrected chi connectivity index (χ4v) is 2.17. The molecular weight excluding hydrogens is 168 g/mol. The zero-order chi connectivity index (χ0) is 5.56. The highest BCUT2D eigenvalue weighted by Gasteiger charge is 2.45. The smallest absolute Gasteiger partial charge is 0.0966 e. The van der Waals surface area contributed by atoms with Gasteiger partial charge in [0.05, 0.1) is 12.2 Å². The van der Waals surface area contributed by atoms with Gasteiger partial charge in [-0.2, -0.15) is 0 Å². The van der Waals surface area contributed by atoms with E-state index < -0.39 is 0 Å². The number of halogens is 1. The molecule has 0 N–H and O–H groups in total. The average molecular weight is 177 g/mol. The van der Waals surface area contributed by atoms with E-state index in [0.29, 0.717) is 17.0 Å². The summed E-state index contributed by atoms with van der Waals surface area (Å²) in [6, 6.07) is 0. The van der Waals surface area contributed by atoms with Crippen molar-refractivity contribution in [1.82, 2.24) is 0 Å². The summed E-state index contributed by atoms with van der Waals surface area (Å²) in [5, 5.41) is 0. The van der Waals surface area contributed by atoms with Crippen LogP contribution in [-0.4, -0.2) is 17.0 Å². The Kier molecular flexibility index (Phi) is 1.12. The molecule has 1 aliphatic heterocycles. The fourth-order valence-electron chi connectivity index (χ4n) is 1.39. The zero-order valence-corrected chi connectivity index (χ0v) is 6.23. The maximum Gasteiger partial charge on any atom is 0.0966 e. The van der Waals surface area contributed by atoms with Gasteiger partial charge in [-0.3, -0.25) is 0 Å². The van der Waals surface area contributed by atoms with E-state index in [9.17, 15) is 0 Å². The van der Waals surface area contributed by atoms with Crippen LogP contribution in [0.25, 0.3) is 0 Å². The van der Waals surface area contributed by atoms with Gasteiger partial charge < -0.3 is 4.74 Å². The third-order valence-corrected chi connectivity index (χ3v) is 2.93. The molecular formula is C6H9BrO. The van der Waals surface area contributed by atoms with E-state index in [2.05, 4.69) is 15.9 Å². The van der Waals surface area contributed by atoms with Gasteiger partial charge >= 0.3 is 0 Å². The van der Waals surface area contributed by atoms with Crippen molar-refractivity contribution in [1.29, 1.82) is 0 Å². The van der Waals surface area contributed by atoms with Gasteiger partial charge in [0.1, 0.15) is 0 Å². The molecule has 0 radical (unpaired) electrons. The van der Waals surface area contributed by atoms with Crippen molar-refractivity contribution in [2.24, 2.45) is 0 Å². The molecule has 8 heavy (non-hydrogen) atoms. The van der Waals surface area contributed by atoms with Crippen LogP contribution in [-0.2, 0) is 4.74 Å². The third kappa shape index (κ3) is 0.705. The Bertz CT molecular complexity index is 105. The quantitative estimate of drug-likeness (QED) is 0.405. The topological polar surface area (TPSA) is 12.5 Å². The van der Waals surface area contributed by atoms with Crippen molar-refractivity contribution in [3.63, 3.8) is 0 Å². The Morgan fingerprint density at radius 1 is 1.38 bits per heavy atom. The molecule has 0 aromatic rings. The van der Waals surface area contributed by atoms with E-state index in [4.69, 9.17) is 4.74 Å². The fraction of sp³-hybridized carbons (Fsp3) is 1.00. The lowest BCUT2D eigenvalue weighted by molar-refractivity contribution is 0.376. The van der Waals surface area contributed by atoms with Gasteiger partial charge in [-0.05, 0) is 19.3 Å². The van der Waals surface area contributed by atoms with E-state index in [1.165, 1.54) is 19.3 Å². The molecule has 0 amide bonds. The van der Waals surface area contributed by atoms with Crippen molar-refractivity contribution >= 4 is 15.9 Å². The first-order chi connectivity index (χ1) is 3.88. The molecule has 1 nitrogen and oxygen atoms in total. The van der Waals surface area contributed by atoms with Crippen LogP contribution in [0.3, 0.4) is 0 Å². The van der Waals surface area contributed by atoms with Gasteiger partial charge in [0.2, 0.25) is 0 Å². The monoisotopic (exact) mass is 176 g/mol. The Hall–Kier alpha value is 0.440. The SMILES string of the molecule is BrC1CCCC2OC12. The maximum absolute atomic E-state index is 5.34. The van der Waals surface area contributed by atoms with Crippen LogP contribution in [0.1, 0.15) is 19.3 Å². The largest absolute Gasteiger partial charge is 0.368 e. The summed E-state index contributed by atoms with van der Waals surface area (Å²) in [4.78, 5) is 0.668. The molecule has 3 unspecified atom stereocenters. The standard InChI is InChI=1S/C6H9BrO/c7-4-2-1-3-5-6(4)8-5/h4-6H,1-3H2. The molecule has 1 heterocycles. The highest BCUT2D eigenvalue weighted by molar-refractivity contribution is 9.09. The summed E-state index contributed by atoms with van der Waals surface area (Å²) >= 11 is 3.57. The lowest BCUT2D eigenvalue weighted by Crippen LogP contribution is -2.14. The lowest BCUT2D eigenvalue weighted by atomic mass is 10.0. The number of ether oxygens (including phenoxy) is 1. The number of epoxide rings is 1. The van der Waals surface area contributed by atoms with Gasteiger partial charge in [0.25, 0.3) is 0 Å². The minimum atomic E-state index is 0.587. The third-order valence-electron chi connectivity index (χ3n) is 1.95. The minimum absolute atomic E-state index is 0.587. The number of rotatable bonds is 0. The molecule has 1 aliphatic carbocycles. The molecule has 0 aromatic heterocycles. The first-order valence-corrected chi connectivity index (χ1v) is 4.09. The van der Waals surface area contributed by atoms with E-state index >= 15 is 0 Å². The molecule has 0 bridgehead atoms. The van der Waals surface area contributed by atoms with Crippen LogP contribution in [0.2, 0.25) is 0 Å². The zero-order valence-electron chi connectivity index (χ0n) is 4.64. The van der Waals surface area contributed by atoms with Gasteiger partial charge in [0.15, 0.2) is 0 Å². The molecule has 46 valence electrons. The van der Waals surface area contributed by atoms with Crippen molar-refractivity contribution in [3.05, 3.63) is 0 Å². The number of fused-ring (bicyclic) bond motifs is 1. The number of hydrogen-bond acceptors (Lipinski definition) is 1. The summed E-state index contributed by atoms with van der Waals surface area (Å²) in [5.41, 5.74) is 0. The van der Waals surface area contributed by atoms with Crippen molar-refractivity contribution in [2.75, 3.05) is 0 Å². The first kappa shape index (κ1) is 5.24. The van der Waals surface area contributed by atoms with Gasteiger partial charge in [0, 0.05) is 4.83 Å². The average Bonchev–Trinajstić information content (AvgIpc) is 2.45. The van der Waals surface area contributed by atoms with Crippen molar-refractivity contribution < 1.29 is 4.74 Å². The first-order valence-electron chi connectivity index (χ1n) is 3.17. The van der Waals surface area contributed by atoms with Crippen LogP contribution in [0.15, 0.2) is 0 Å². The molecule has 0 aromatic carbocycles. The summed E-state index contributed by atoms with van der Waals surface area (Å²) in [6.07, 6.45) is 5.17. The normalized spacial score (nSPS) is 52.9. The van der Waals surface area contributed by atoms with Gasteiger partial charge in [-0.25, -0.2) is 0 Å². The Morgan fingerprint density at radius 3 is 2.88 bits per heavy atom. The summed E-state index contributed by atoms with van der Waals surface area (Å²) in [7, 11) is 0. The highest BCUT2D eigenvalue weighted by Crippen LogP contribution is 2.39. The molecule has 2 rings (SSSR count). The summed E-state index contributed by atoms with van der Waals surface area (Å²) in [6.45, 7) is 0. The van der Waals surface area contributed by atoms with Crippen LogP contribution >= 0.6 is 15.9 Å². The highest BCUT2D eigenvalue weighted by atomic mass is 79.9. The molecule has 1 saturated carbocycles. The van der Waals surface area contributed by atoms with Crippen LogP contribution in [0.4, 0.5) is 0 Å². The maximum atomic E-state index is 5.34. The summed E-state index contributed by atoms with van der Waals surface area (Å²) < 4.78 is 5.34. The molecule has 2 fully saturated rings. The summed E-state index contributed by atoms with van der Waals surface area (Å²) in [5.74, 6) is 0. The van der Waals surface area contributed by atoms with E-state index in [1.807, 2.05) is 0 Å². The van der Waals surface area contributed by atoms with Crippen LogP contribution in [0, 0.1) is 0 Å². The number of hydrogen-bond donors (Lipinski definition) is 0. The second-order valence-corrected chi connectivity index (χ2v) is 3.76. The van der Waals surface area contributed by atoms with Gasteiger partial charge in [-0.1, -0.05) is 15.9 Å². The van der Waals surface area contributed by atoms with Crippen molar-refractivity contribution in [2.45, 2.75) is 36.3 Å². The van der Waals surface area contributed by atoms with E-state index in [-0.39, 0.29) is 0 Å². The second-order valence-electron chi connectivity index (χ2n) is 2.59. The van der Waals surface area contributed by atoms with Crippen LogP contribution in [0.5, 0.6) is 0 Å². The number of alkyl halides is 1. The second kappa shape index (κ2) is 1.71. The molecule has 1 saturated heterocycles. The lowest BCUT2D eigenvalue weighted by Gasteiger charge is -2.09. The predicted molar refractivity (Wildman–Crippen MR) is 35.2 cm³/mol. The molecule has 2 heteroatoms. The Balaban J connectivity index is 1.99. The molecule has 3 atom stereocenters. The molecule has 0 spiro atoms. The molecule has 2 aliphatic rings. The van der Waals surface area contributed by atoms with E-state index in [0.717, 1.165) is 0 Å². The predicted octanol–water partition coefficient (Wildman–Crippen LogP) is 1.70. The van der Waals surface area contributed by atoms with Crippen LogP contribution < -0.4 is 0 Å². The minimum Gasteiger partial charge on any atom is -0.368 e. The van der Waals surface area contributed by atoms with Crippen molar-refractivity contribution in [3.8, 4) is 0 Å². The Morgan fingerprint density at radius 2 is 2.25 bits per heavy atom. The van der Waals surface area contributed by atoms with Gasteiger partial charge in [-0.15, -0.1) is 0 Å². The Labute approximate surface area is 57.5 Å². The van der Waals surface area contributed by atoms with E-state index in [1.54, 1.807) is 0 Å².